The number of ether oxygens (including phenoxy) is 1. The Hall–Kier alpha value is -2.22. The molecule has 0 spiro atoms. The molecule has 3 rings (SSSR count). The van der Waals surface area contributed by atoms with Crippen LogP contribution >= 0.6 is 11.6 Å². The van der Waals surface area contributed by atoms with E-state index in [2.05, 4.69) is 16.3 Å². The van der Waals surface area contributed by atoms with Gasteiger partial charge < -0.3 is 15.0 Å². The van der Waals surface area contributed by atoms with Gasteiger partial charge in [-0.05, 0) is 35.9 Å². The predicted molar refractivity (Wildman–Crippen MR) is 92.1 cm³/mol. The number of halogens is 1. The number of piperazine rings is 1. The quantitative estimate of drug-likeness (QED) is 0.939. The fraction of sp³-hybridized carbons (Fsp3) is 0.278. The molecule has 2 aromatic carbocycles. The second-order valence-corrected chi connectivity index (χ2v) is 5.90. The predicted octanol–water partition coefficient (Wildman–Crippen LogP) is 3.37. The van der Waals surface area contributed by atoms with Crippen molar-refractivity contribution in [2.24, 2.45) is 0 Å². The summed E-state index contributed by atoms with van der Waals surface area (Å²) in [6.45, 7) is 2.56. The molecule has 0 bridgehead atoms. The van der Waals surface area contributed by atoms with E-state index in [1.165, 1.54) is 5.56 Å². The van der Waals surface area contributed by atoms with Gasteiger partial charge in [0.05, 0.1) is 24.4 Å². The van der Waals surface area contributed by atoms with E-state index in [9.17, 15) is 5.26 Å². The summed E-state index contributed by atoms with van der Waals surface area (Å²) in [7, 11) is 1.61. The lowest BCUT2D eigenvalue weighted by Crippen LogP contribution is -2.46. The highest BCUT2D eigenvalue weighted by Crippen LogP contribution is 2.33. The maximum Gasteiger partial charge on any atom is 0.120 e. The summed E-state index contributed by atoms with van der Waals surface area (Å²) in [5, 5.41) is 13.7. The third-order valence-electron chi connectivity index (χ3n) is 4.13. The van der Waals surface area contributed by atoms with E-state index in [4.69, 9.17) is 16.3 Å². The molecule has 1 N–H and O–H groups in total. The molecular weight excluding hydrogens is 310 g/mol. The van der Waals surface area contributed by atoms with E-state index >= 15 is 0 Å². The lowest BCUT2D eigenvalue weighted by atomic mass is 10.0. The molecule has 0 unspecified atom stereocenters. The zero-order valence-corrected chi connectivity index (χ0v) is 13.7. The molecule has 5 heteroatoms. The molecule has 1 fully saturated rings. The first-order valence-electron chi connectivity index (χ1n) is 7.54. The van der Waals surface area contributed by atoms with Crippen molar-refractivity contribution >= 4 is 17.3 Å². The monoisotopic (exact) mass is 327 g/mol. The molecule has 1 heterocycles. The number of methoxy groups -OCH3 is 1. The van der Waals surface area contributed by atoms with Crippen molar-refractivity contribution in [3.05, 3.63) is 58.6 Å². The largest absolute Gasteiger partial charge is 0.497 e. The Morgan fingerprint density at radius 1 is 1.26 bits per heavy atom. The molecule has 1 aliphatic rings. The van der Waals surface area contributed by atoms with Crippen LogP contribution in [0.3, 0.4) is 0 Å². The number of nitrogens with one attached hydrogen (secondary N) is 1. The van der Waals surface area contributed by atoms with Crippen LogP contribution in [0.4, 0.5) is 5.69 Å². The fourth-order valence-corrected chi connectivity index (χ4v) is 3.08. The van der Waals surface area contributed by atoms with Crippen LogP contribution in [-0.4, -0.2) is 26.7 Å². The van der Waals surface area contributed by atoms with Crippen LogP contribution in [0.15, 0.2) is 42.5 Å². The summed E-state index contributed by atoms with van der Waals surface area (Å²) in [5.74, 6) is 0.698. The van der Waals surface area contributed by atoms with Gasteiger partial charge in [0, 0.05) is 24.7 Å². The molecule has 118 valence electrons. The molecule has 2 aromatic rings. The topological polar surface area (TPSA) is 48.3 Å². The van der Waals surface area contributed by atoms with Crippen LogP contribution in [0.25, 0.3) is 0 Å². The molecule has 0 aliphatic carbocycles. The van der Waals surface area contributed by atoms with E-state index < -0.39 is 0 Å². The number of anilines is 1. The molecule has 0 aromatic heterocycles. The molecule has 23 heavy (non-hydrogen) atoms. The van der Waals surface area contributed by atoms with E-state index in [-0.39, 0.29) is 6.04 Å². The molecule has 0 amide bonds. The first-order chi connectivity index (χ1) is 11.2. The first kappa shape index (κ1) is 15.7. The number of hydrogen-bond acceptors (Lipinski definition) is 4. The molecule has 0 saturated carbocycles. The minimum Gasteiger partial charge on any atom is -0.497 e. The molecule has 1 saturated heterocycles. The molecular formula is C18H18ClN3O. The van der Waals surface area contributed by atoms with Gasteiger partial charge in [-0.25, -0.2) is 0 Å². The Labute approximate surface area is 141 Å². The molecule has 4 nitrogen and oxygen atoms in total. The standard InChI is InChI=1S/C18H18ClN3O/c1-23-16-6-7-17(14(10-16)11-20)22-9-8-21-12-18(22)13-2-4-15(19)5-3-13/h2-7,10,18,21H,8-9,12H2,1H3/t18-/m0/s1. The smallest absolute Gasteiger partial charge is 0.120 e. The second kappa shape index (κ2) is 6.91. The second-order valence-electron chi connectivity index (χ2n) is 5.46. The summed E-state index contributed by atoms with van der Waals surface area (Å²) in [6.07, 6.45) is 0. The number of hydrogen-bond donors (Lipinski definition) is 1. The van der Waals surface area contributed by atoms with Gasteiger partial charge >= 0.3 is 0 Å². The number of benzene rings is 2. The number of nitriles is 1. The van der Waals surface area contributed by atoms with Crippen LogP contribution in [0.2, 0.25) is 5.02 Å². The zero-order valence-electron chi connectivity index (χ0n) is 12.9. The van der Waals surface area contributed by atoms with E-state index in [1.54, 1.807) is 13.2 Å². The highest BCUT2D eigenvalue weighted by atomic mass is 35.5. The van der Waals surface area contributed by atoms with Crippen molar-refractivity contribution in [1.29, 1.82) is 5.26 Å². The molecule has 1 aliphatic heterocycles. The Bertz CT molecular complexity index is 724. The molecule has 1 atom stereocenters. The van der Waals surface area contributed by atoms with Gasteiger partial charge in [0.25, 0.3) is 0 Å². The first-order valence-corrected chi connectivity index (χ1v) is 7.91. The van der Waals surface area contributed by atoms with Gasteiger partial charge in [-0.2, -0.15) is 5.26 Å². The lowest BCUT2D eigenvalue weighted by molar-refractivity contribution is 0.414. The van der Waals surface area contributed by atoms with Crippen LogP contribution < -0.4 is 15.0 Å². The third kappa shape index (κ3) is 3.26. The molecule has 0 radical (unpaired) electrons. The lowest BCUT2D eigenvalue weighted by Gasteiger charge is -2.38. The normalized spacial score (nSPS) is 17.6. The average molecular weight is 328 g/mol. The van der Waals surface area contributed by atoms with Gasteiger partial charge in [0.1, 0.15) is 11.8 Å². The summed E-state index contributed by atoms with van der Waals surface area (Å²) < 4.78 is 5.23. The van der Waals surface area contributed by atoms with Crippen molar-refractivity contribution in [2.45, 2.75) is 6.04 Å². The minimum absolute atomic E-state index is 0.168. The van der Waals surface area contributed by atoms with Crippen LogP contribution in [0, 0.1) is 11.3 Å². The summed E-state index contributed by atoms with van der Waals surface area (Å²) in [4.78, 5) is 2.28. The highest BCUT2D eigenvalue weighted by molar-refractivity contribution is 6.30. The summed E-state index contributed by atoms with van der Waals surface area (Å²) in [5.41, 5.74) is 2.75. The van der Waals surface area contributed by atoms with E-state index in [1.807, 2.05) is 36.4 Å². The van der Waals surface area contributed by atoms with Gasteiger partial charge in [0.15, 0.2) is 0 Å². The van der Waals surface area contributed by atoms with Gasteiger partial charge in [-0.15, -0.1) is 0 Å². The van der Waals surface area contributed by atoms with Crippen molar-refractivity contribution in [1.82, 2.24) is 5.32 Å². The van der Waals surface area contributed by atoms with Gasteiger partial charge in [0.2, 0.25) is 0 Å². The summed E-state index contributed by atoms with van der Waals surface area (Å²) in [6, 6.07) is 16.0. The SMILES string of the molecule is COc1ccc(N2CCNC[C@H]2c2ccc(Cl)cc2)c(C#N)c1. The number of rotatable bonds is 3. The minimum atomic E-state index is 0.168. The van der Waals surface area contributed by atoms with Crippen molar-refractivity contribution in [2.75, 3.05) is 31.6 Å². The van der Waals surface area contributed by atoms with Crippen LogP contribution in [-0.2, 0) is 0 Å². The Morgan fingerprint density at radius 3 is 2.74 bits per heavy atom. The van der Waals surface area contributed by atoms with Crippen molar-refractivity contribution < 1.29 is 4.74 Å². The zero-order chi connectivity index (χ0) is 16.2. The van der Waals surface area contributed by atoms with E-state index in [0.29, 0.717) is 11.3 Å². The fourth-order valence-electron chi connectivity index (χ4n) is 2.96. The van der Waals surface area contributed by atoms with Crippen LogP contribution in [0.5, 0.6) is 5.75 Å². The Balaban J connectivity index is 1.99. The van der Waals surface area contributed by atoms with Gasteiger partial charge in [-0.1, -0.05) is 23.7 Å². The van der Waals surface area contributed by atoms with Gasteiger partial charge in [-0.3, -0.25) is 0 Å². The Kier molecular flexibility index (Phi) is 4.71. The Morgan fingerprint density at radius 2 is 2.04 bits per heavy atom. The van der Waals surface area contributed by atoms with Crippen molar-refractivity contribution in [3.63, 3.8) is 0 Å². The third-order valence-corrected chi connectivity index (χ3v) is 4.38. The maximum atomic E-state index is 9.50. The van der Waals surface area contributed by atoms with Crippen LogP contribution in [0.1, 0.15) is 17.2 Å². The van der Waals surface area contributed by atoms with Crippen molar-refractivity contribution in [3.8, 4) is 11.8 Å². The number of nitrogens with zero attached hydrogens (tertiary/aromatic N) is 2. The summed E-state index contributed by atoms with van der Waals surface area (Å²) >= 11 is 6.00. The average Bonchev–Trinajstić information content (AvgIpc) is 2.62. The highest BCUT2D eigenvalue weighted by Gasteiger charge is 2.26. The maximum absolute atomic E-state index is 9.50. The van der Waals surface area contributed by atoms with E-state index in [0.717, 1.165) is 30.3 Å².